The summed E-state index contributed by atoms with van der Waals surface area (Å²) in [7, 11) is 3.38. The number of nitrogens with zero attached hydrogens (tertiary/aromatic N) is 3. The number of rotatable bonds is 0. The molecule has 1 amide bonds. The van der Waals surface area contributed by atoms with Gasteiger partial charge in [0.15, 0.2) is 0 Å². The second-order valence-corrected chi connectivity index (χ2v) is 3.75. The van der Waals surface area contributed by atoms with Crippen LogP contribution in [-0.4, -0.2) is 34.2 Å². The van der Waals surface area contributed by atoms with Crippen molar-refractivity contribution in [1.29, 1.82) is 0 Å². The minimum absolute atomic E-state index is 0.264. The summed E-state index contributed by atoms with van der Waals surface area (Å²) in [5.74, 6) is 0.992. The largest absolute Gasteiger partial charge is 0.453 e. The van der Waals surface area contributed by atoms with Gasteiger partial charge in [0.1, 0.15) is 5.82 Å². The number of aryl methyl sites for hydroxylation is 1. The number of fused-ring (bicyclic) bond motifs is 1. The zero-order valence-electron chi connectivity index (χ0n) is 9.28. The summed E-state index contributed by atoms with van der Waals surface area (Å²) >= 11 is 0. The van der Waals surface area contributed by atoms with E-state index in [-0.39, 0.29) is 6.09 Å². The molecule has 15 heavy (non-hydrogen) atoms. The van der Waals surface area contributed by atoms with Gasteiger partial charge < -0.3 is 14.2 Å². The van der Waals surface area contributed by atoms with E-state index in [2.05, 4.69) is 4.98 Å². The zero-order valence-corrected chi connectivity index (χ0v) is 9.28. The summed E-state index contributed by atoms with van der Waals surface area (Å²) in [6.45, 7) is 3.26. The van der Waals surface area contributed by atoms with Crippen LogP contribution in [0.5, 0.6) is 0 Å². The Kier molecular flexibility index (Phi) is 2.38. The first kappa shape index (κ1) is 10.0. The highest BCUT2D eigenvalue weighted by atomic mass is 16.5. The molecule has 0 aromatic carbocycles. The number of hydrogen-bond acceptors (Lipinski definition) is 3. The van der Waals surface area contributed by atoms with Gasteiger partial charge in [0.25, 0.3) is 0 Å². The average Bonchev–Trinajstić information content (AvgIpc) is 2.54. The van der Waals surface area contributed by atoms with Gasteiger partial charge in [0, 0.05) is 20.0 Å². The fourth-order valence-corrected chi connectivity index (χ4v) is 1.91. The third-order valence-electron chi connectivity index (χ3n) is 2.91. The normalized spacial score (nSPS) is 15.0. The Morgan fingerprint density at radius 3 is 2.93 bits per heavy atom. The van der Waals surface area contributed by atoms with Crippen LogP contribution in [0.15, 0.2) is 0 Å². The van der Waals surface area contributed by atoms with Crippen molar-refractivity contribution in [2.24, 2.45) is 7.05 Å². The van der Waals surface area contributed by atoms with Gasteiger partial charge in [-0.15, -0.1) is 0 Å². The number of imidazole rings is 1. The van der Waals surface area contributed by atoms with Crippen molar-refractivity contribution < 1.29 is 9.53 Å². The summed E-state index contributed by atoms with van der Waals surface area (Å²) in [5.41, 5.74) is 2.22. The summed E-state index contributed by atoms with van der Waals surface area (Å²) in [6.07, 6.45) is 0.547. The van der Waals surface area contributed by atoms with E-state index < -0.39 is 0 Å². The van der Waals surface area contributed by atoms with Crippen molar-refractivity contribution in [3.63, 3.8) is 0 Å². The number of amides is 1. The Morgan fingerprint density at radius 1 is 1.53 bits per heavy atom. The first-order valence-electron chi connectivity index (χ1n) is 4.97. The second-order valence-electron chi connectivity index (χ2n) is 3.75. The van der Waals surface area contributed by atoms with Crippen LogP contribution in [0.2, 0.25) is 0 Å². The minimum Gasteiger partial charge on any atom is -0.453 e. The van der Waals surface area contributed by atoms with Crippen LogP contribution in [-0.2, 0) is 24.8 Å². The molecule has 0 saturated heterocycles. The first-order valence-corrected chi connectivity index (χ1v) is 4.97. The molecular formula is C10H15N3O2. The van der Waals surface area contributed by atoms with Crippen molar-refractivity contribution in [2.75, 3.05) is 13.7 Å². The molecule has 0 bridgehead atoms. The predicted octanol–water partition coefficient (Wildman–Crippen LogP) is 0.853. The molecule has 0 atom stereocenters. The van der Waals surface area contributed by atoms with Gasteiger partial charge in [-0.2, -0.15) is 0 Å². The molecule has 0 saturated carbocycles. The lowest BCUT2D eigenvalue weighted by Crippen LogP contribution is -2.36. The smallest absolute Gasteiger partial charge is 0.409 e. The van der Waals surface area contributed by atoms with E-state index in [9.17, 15) is 4.79 Å². The molecule has 0 fully saturated rings. The third kappa shape index (κ3) is 1.58. The summed E-state index contributed by atoms with van der Waals surface area (Å²) < 4.78 is 6.74. The minimum atomic E-state index is -0.264. The molecule has 1 aromatic rings. The fraction of sp³-hybridized carbons (Fsp3) is 0.600. The molecule has 0 spiro atoms. The van der Waals surface area contributed by atoms with Crippen LogP contribution in [0.25, 0.3) is 0 Å². The van der Waals surface area contributed by atoms with Gasteiger partial charge in [-0.3, -0.25) is 0 Å². The zero-order chi connectivity index (χ0) is 11.0. The van der Waals surface area contributed by atoms with E-state index in [0.717, 1.165) is 23.6 Å². The van der Waals surface area contributed by atoms with Crippen molar-refractivity contribution in [2.45, 2.75) is 19.9 Å². The number of ether oxygens (including phenoxy) is 1. The molecule has 2 rings (SSSR count). The summed E-state index contributed by atoms with van der Waals surface area (Å²) in [5, 5.41) is 0. The van der Waals surface area contributed by atoms with Gasteiger partial charge >= 0.3 is 6.09 Å². The van der Waals surface area contributed by atoms with E-state index in [1.165, 1.54) is 7.11 Å². The SMILES string of the molecule is COC(=O)N1CCc2nc(C)n(C)c2C1. The second kappa shape index (κ2) is 3.56. The van der Waals surface area contributed by atoms with Crippen molar-refractivity contribution in [3.05, 3.63) is 17.2 Å². The van der Waals surface area contributed by atoms with Gasteiger partial charge in [0.05, 0.1) is 25.0 Å². The molecule has 5 nitrogen and oxygen atoms in total. The molecule has 1 aromatic heterocycles. The predicted molar refractivity (Wildman–Crippen MR) is 54.5 cm³/mol. The van der Waals surface area contributed by atoms with Crippen molar-refractivity contribution in [1.82, 2.24) is 14.5 Å². The molecule has 0 aliphatic carbocycles. The van der Waals surface area contributed by atoms with Crippen LogP contribution < -0.4 is 0 Å². The van der Waals surface area contributed by atoms with Crippen molar-refractivity contribution >= 4 is 6.09 Å². The van der Waals surface area contributed by atoms with E-state index >= 15 is 0 Å². The molecule has 1 aliphatic heterocycles. The van der Waals surface area contributed by atoms with E-state index in [1.54, 1.807) is 4.90 Å². The maximum Gasteiger partial charge on any atom is 0.409 e. The summed E-state index contributed by atoms with van der Waals surface area (Å²) in [4.78, 5) is 17.5. The summed E-state index contributed by atoms with van der Waals surface area (Å²) in [6, 6.07) is 0. The maximum absolute atomic E-state index is 11.4. The molecule has 0 N–H and O–H groups in total. The molecule has 2 heterocycles. The number of aromatic nitrogens is 2. The van der Waals surface area contributed by atoms with Crippen LogP contribution >= 0.6 is 0 Å². The van der Waals surface area contributed by atoms with Crippen LogP contribution in [0.3, 0.4) is 0 Å². The highest BCUT2D eigenvalue weighted by Crippen LogP contribution is 2.19. The first-order chi connectivity index (χ1) is 7.13. The van der Waals surface area contributed by atoms with Crippen LogP contribution in [0.1, 0.15) is 17.2 Å². The average molecular weight is 209 g/mol. The quantitative estimate of drug-likeness (QED) is 0.636. The number of methoxy groups -OCH3 is 1. The van der Waals surface area contributed by atoms with Gasteiger partial charge in [-0.25, -0.2) is 9.78 Å². The molecule has 0 unspecified atom stereocenters. The number of hydrogen-bond donors (Lipinski definition) is 0. The Balaban J connectivity index is 2.26. The maximum atomic E-state index is 11.4. The van der Waals surface area contributed by atoms with Gasteiger partial charge in [-0.05, 0) is 6.92 Å². The third-order valence-corrected chi connectivity index (χ3v) is 2.91. The Hall–Kier alpha value is -1.52. The molecular weight excluding hydrogens is 194 g/mol. The van der Waals surface area contributed by atoms with Crippen molar-refractivity contribution in [3.8, 4) is 0 Å². The lowest BCUT2D eigenvalue weighted by molar-refractivity contribution is 0.117. The highest BCUT2D eigenvalue weighted by molar-refractivity contribution is 5.67. The van der Waals surface area contributed by atoms with Gasteiger partial charge in [0.2, 0.25) is 0 Å². The standard InChI is InChI=1S/C10H15N3O2/c1-7-11-8-4-5-13(10(14)15-3)6-9(8)12(7)2/h4-6H2,1-3H3. The highest BCUT2D eigenvalue weighted by Gasteiger charge is 2.24. The molecule has 1 aliphatic rings. The lowest BCUT2D eigenvalue weighted by Gasteiger charge is -2.25. The fourth-order valence-electron chi connectivity index (χ4n) is 1.91. The van der Waals surface area contributed by atoms with E-state index in [4.69, 9.17) is 4.74 Å². The molecule has 0 radical (unpaired) electrons. The molecule has 82 valence electrons. The van der Waals surface area contributed by atoms with E-state index in [1.807, 2.05) is 18.5 Å². The Labute approximate surface area is 88.7 Å². The van der Waals surface area contributed by atoms with Crippen LogP contribution in [0, 0.1) is 6.92 Å². The van der Waals surface area contributed by atoms with Gasteiger partial charge in [-0.1, -0.05) is 0 Å². The number of carbonyl (C=O) groups is 1. The number of carbonyl (C=O) groups excluding carboxylic acids is 1. The van der Waals surface area contributed by atoms with Crippen LogP contribution in [0.4, 0.5) is 4.79 Å². The lowest BCUT2D eigenvalue weighted by atomic mass is 10.1. The topological polar surface area (TPSA) is 47.4 Å². The Bertz CT molecular complexity index is 398. The Morgan fingerprint density at radius 2 is 2.27 bits per heavy atom. The van der Waals surface area contributed by atoms with E-state index in [0.29, 0.717) is 13.1 Å². The molecule has 5 heteroatoms. The monoisotopic (exact) mass is 209 g/mol.